The van der Waals surface area contributed by atoms with Crippen molar-refractivity contribution in [1.82, 2.24) is 4.31 Å². The van der Waals surface area contributed by atoms with Crippen molar-refractivity contribution in [2.75, 3.05) is 5.75 Å². The van der Waals surface area contributed by atoms with Crippen molar-refractivity contribution in [3.8, 4) is 0 Å². The molecular formula is C15H23NO3S. The summed E-state index contributed by atoms with van der Waals surface area (Å²) in [6.45, 7) is 4.17. The summed E-state index contributed by atoms with van der Waals surface area (Å²) in [6.07, 6.45) is 5.14. The van der Waals surface area contributed by atoms with Crippen molar-refractivity contribution in [1.29, 1.82) is 0 Å². The summed E-state index contributed by atoms with van der Waals surface area (Å²) < 4.78 is 26.0. The Labute approximate surface area is 121 Å². The number of carbonyl (C=O) groups excluding carboxylic acids is 1. The van der Waals surface area contributed by atoms with Crippen LogP contribution in [-0.4, -0.2) is 30.4 Å². The Hall–Kier alpha value is -0.840. The molecule has 2 fully saturated rings. The largest absolute Gasteiger partial charge is 0.273 e. The molecule has 0 N–H and O–H groups in total. The van der Waals surface area contributed by atoms with E-state index >= 15 is 0 Å². The molecular weight excluding hydrogens is 274 g/mol. The van der Waals surface area contributed by atoms with Gasteiger partial charge in [0.25, 0.3) is 0 Å². The van der Waals surface area contributed by atoms with Gasteiger partial charge in [0.15, 0.2) is 0 Å². The molecule has 1 heterocycles. The molecule has 5 heteroatoms. The van der Waals surface area contributed by atoms with Crippen molar-refractivity contribution < 1.29 is 13.2 Å². The predicted octanol–water partition coefficient (Wildman–Crippen LogP) is 2.46. The maximum atomic E-state index is 12.7. The number of allylic oxidation sites excluding steroid dienone is 2. The number of hydrogen-bond acceptors (Lipinski definition) is 3. The van der Waals surface area contributed by atoms with Gasteiger partial charge in [0.1, 0.15) is 0 Å². The molecule has 1 saturated heterocycles. The van der Waals surface area contributed by atoms with E-state index in [9.17, 15) is 13.2 Å². The van der Waals surface area contributed by atoms with Gasteiger partial charge >= 0.3 is 0 Å². The van der Waals surface area contributed by atoms with Crippen molar-refractivity contribution in [3.63, 3.8) is 0 Å². The molecule has 112 valence electrons. The molecule has 0 spiro atoms. The maximum Gasteiger partial charge on any atom is 0.239 e. The fourth-order valence-electron chi connectivity index (χ4n) is 3.98. The van der Waals surface area contributed by atoms with E-state index in [0.29, 0.717) is 0 Å². The normalized spacial score (nSPS) is 36.3. The second-order valence-corrected chi connectivity index (χ2v) is 8.64. The summed E-state index contributed by atoms with van der Waals surface area (Å²) in [6, 6.07) is -0.0569. The van der Waals surface area contributed by atoms with Crippen LogP contribution in [0.5, 0.6) is 0 Å². The Bertz CT molecular complexity index is 564. The molecule has 0 radical (unpaired) electrons. The van der Waals surface area contributed by atoms with E-state index in [1.54, 1.807) is 0 Å². The van der Waals surface area contributed by atoms with Gasteiger partial charge in [-0.3, -0.25) is 4.79 Å². The van der Waals surface area contributed by atoms with Gasteiger partial charge in [0.2, 0.25) is 15.9 Å². The Morgan fingerprint density at radius 1 is 1.15 bits per heavy atom. The van der Waals surface area contributed by atoms with Gasteiger partial charge in [-0.25, -0.2) is 12.7 Å². The van der Waals surface area contributed by atoms with E-state index < -0.39 is 10.0 Å². The molecule has 1 amide bonds. The van der Waals surface area contributed by atoms with E-state index in [4.69, 9.17) is 0 Å². The van der Waals surface area contributed by atoms with E-state index in [0.717, 1.165) is 38.5 Å². The van der Waals surface area contributed by atoms with Crippen LogP contribution in [0.4, 0.5) is 0 Å². The van der Waals surface area contributed by atoms with Crippen molar-refractivity contribution >= 4 is 15.9 Å². The minimum absolute atomic E-state index is 0.0569. The molecule has 2 bridgehead atoms. The van der Waals surface area contributed by atoms with Crippen molar-refractivity contribution in [2.45, 2.75) is 58.4 Å². The summed E-state index contributed by atoms with van der Waals surface area (Å²) >= 11 is 0. The quantitative estimate of drug-likeness (QED) is 0.699. The third-order valence-corrected chi connectivity index (χ3v) is 7.28. The number of rotatable bonds is 1. The predicted molar refractivity (Wildman–Crippen MR) is 77.5 cm³/mol. The van der Waals surface area contributed by atoms with Gasteiger partial charge in [0, 0.05) is 12.0 Å². The summed E-state index contributed by atoms with van der Waals surface area (Å²) in [5.74, 6) is 0.188. The standard InChI is InChI=1S/C15H23NO3S/c1-10-3-5-13(7-11(10)2)15(17)16-14-6-4-12(8-14)9-20(16,18)19/h12-14H,3-9H2,1-2H3/t12-,13?,14+/m0/s1. The van der Waals surface area contributed by atoms with Crippen LogP contribution >= 0.6 is 0 Å². The number of carbonyl (C=O) groups is 1. The highest BCUT2D eigenvalue weighted by atomic mass is 32.2. The second kappa shape index (κ2) is 4.86. The van der Waals surface area contributed by atoms with Crippen LogP contribution in [0, 0.1) is 11.8 Å². The first-order valence-electron chi connectivity index (χ1n) is 7.59. The minimum atomic E-state index is -3.37. The van der Waals surface area contributed by atoms with E-state index in [1.165, 1.54) is 15.5 Å². The Balaban J connectivity index is 1.83. The van der Waals surface area contributed by atoms with Crippen molar-refractivity contribution in [2.24, 2.45) is 11.8 Å². The second-order valence-electron chi connectivity index (χ2n) is 6.75. The van der Waals surface area contributed by atoms with Gasteiger partial charge in [-0.05, 0) is 58.3 Å². The van der Waals surface area contributed by atoms with Crippen LogP contribution in [0.1, 0.15) is 52.4 Å². The van der Waals surface area contributed by atoms with Gasteiger partial charge in [-0.15, -0.1) is 0 Å². The zero-order valence-electron chi connectivity index (χ0n) is 12.3. The van der Waals surface area contributed by atoms with E-state index in [1.807, 2.05) is 0 Å². The maximum absolute atomic E-state index is 12.7. The number of amides is 1. The molecule has 0 aromatic rings. The zero-order valence-corrected chi connectivity index (χ0v) is 13.1. The molecule has 0 aromatic carbocycles. The first kappa shape index (κ1) is 14.1. The van der Waals surface area contributed by atoms with Crippen LogP contribution in [0.25, 0.3) is 0 Å². The third kappa shape index (κ3) is 2.30. The highest BCUT2D eigenvalue weighted by Crippen LogP contribution is 2.40. The van der Waals surface area contributed by atoms with Crippen LogP contribution in [0.15, 0.2) is 11.1 Å². The molecule has 3 atom stereocenters. The number of hydrogen-bond donors (Lipinski definition) is 0. The van der Waals surface area contributed by atoms with Gasteiger partial charge < -0.3 is 0 Å². The fraction of sp³-hybridized carbons (Fsp3) is 0.800. The Morgan fingerprint density at radius 3 is 2.60 bits per heavy atom. The van der Waals surface area contributed by atoms with Crippen LogP contribution in [0.2, 0.25) is 0 Å². The number of fused-ring (bicyclic) bond motifs is 2. The molecule has 1 aliphatic heterocycles. The lowest BCUT2D eigenvalue weighted by molar-refractivity contribution is -0.132. The SMILES string of the molecule is CC1=C(C)CC(C(=O)N2[C@@H]3CC[C@@H](C3)CS2(=O)=O)CC1. The van der Waals surface area contributed by atoms with Crippen molar-refractivity contribution in [3.05, 3.63) is 11.1 Å². The highest BCUT2D eigenvalue weighted by molar-refractivity contribution is 7.89. The molecule has 2 aliphatic carbocycles. The molecule has 1 saturated carbocycles. The van der Waals surface area contributed by atoms with Gasteiger partial charge in [0.05, 0.1) is 5.75 Å². The lowest BCUT2D eigenvalue weighted by atomic mass is 9.84. The van der Waals surface area contributed by atoms with Crippen LogP contribution in [0.3, 0.4) is 0 Å². The first-order valence-corrected chi connectivity index (χ1v) is 9.20. The van der Waals surface area contributed by atoms with Crippen LogP contribution in [-0.2, 0) is 14.8 Å². The monoisotopic (exact) mass is 297 g/mol. The molecule has 3 rings (SSSR count). The zero-order chi connectivity index (χ0) is 14.5. The summed E-state index contributed by atoms with van der Waals surface area (Å²) in [5.41, 5.74) is 2.62. The summed E-state index contributed by atoms with van der Waals surface area (Å²) in [7, 11) is -3.37. The van der Waals surface area contributed by atoms with Gasteiger partial charge in [-0.1, -0.05) is 11.1 Å². The molecule has 0 aromatic heterocycles. The average Bonchev–Trinajstić information content (AvgIpc) is 2.74. The van der Waals surface area contributed by atoms with Crippen LogP contribution < -0.4 is 0 Å². The lowest BCUT2D eigenvalue weighted by Crippen LogP contribution is -2.50. The highest BCUT2D eigenvalue weighted by Gasteiger charge is 2.47. The molecule has 4 nitrogen and oxygen atoms in total. The minimum Gasteiger partial charge on any atom is -0.273 e. The molecule has 1 unspecified atom stereocenters. The average molecular weight is 297 g/mol. The first-order chi connectivity index (χ1) is 9.38. The molecule has 20 heavy (non-hydrogen) atoms. The number of nitrogens with zero attached hydrogens (tertiary/aromatic N) is 1. The lowest BCUT2D eigenvalue weighted by Gasteiger charge is -2.36. The van der Waals surface area contributed by atoms with E-state index in [-0.39, 0.29) is 29.5 Å². The smallest absolute Gasteiger partial charge is 0.239 e. The fourth-order valence-corrected chi connectivity index (χ4v) is 6.10. The van der Waals surface area contributed by atoms with Gasteiger partial charge in [-0.2, -0.15) is 0 Å². The van der Waals surface area contributed by atoms with E-state index in [2.05, 4.69) is 13.8 Å². The number of sulfonamides is 1. The summed E-state index contributed by atoms with van der Waals surface area (Å²) in [5, 5.41) is 0. The Kier molecular flexibility index (Phi) is 3.43. The third-order valence-electron chi connectivity index (χ3n) is 5.31. The Morgan fingerprint density at radius 2 is 1.90 bits per heavy atom. The molecule has 3 aliphatic rings. The summed E-state index contributed by atoms with van der Waals surface area (Å²) in [4.78, 5) is 12.7. The topological polar surface area (TPSA) is 54.5 Å².